The van der Waals surface area contributed by atoms with Crippen LogP contribution in [0.5, 0.6) is 0 Å². The number of hydrogen-bond donors (Lipinski definition) is 0. The van der Waals surface area contributed by atoms with Gasteiger partial charge in [-0.1, -0.05) is 20.8 Å². The highest BCUT2D eigenvalue weighted by Gasteiger charge is 2.05. The molecular formula is C11H17N. The van der Waals surface area contributed by atoms with E-state index in [0.717, 1.165) is 6.42 Å². The highest BCUT2D eigenvalue weighted by molar-refractivity contribution is 5.30. The predicted octanol–water partition coefficient (Wildman–Crippen LogP) is 3.08. The summed E-state index contributed by atoms with van der Waals surface area (Å²) in [5, 5.41) is 0. The molecule has 0 aliphatic heterocycles. The molecule has 1 aromatic rings. The fourth-order valence-electron chi connectivity index (χ4n) is 1.58. The van der Waals surface area contributed by atoms with E-state index in [9.17, 15) is 0 Å². The van der Waals surface area contributed by atoms with Gasteiger partial charge in [0.25, 0.3) is 0 Å². The second-order valence-electron chi connectivity index (χ2n) is 3.48. The van der Waals surface area contributed by atoms with Crippen molar-refractivity contribution >= 4 is 0 Å². The molecule has 0 spiro atoms. The van der Waals surface area contributed by atoms with Gasteiger partial charge in [0.2, 0.25) is 0 Å². The molecule has 0 saturated carbocycles. The van der Waals surface area contributed by atoms with Gasteiger partial charge in [-0.15, -0.1) is 0 Å². The number of aryl methyl sites for hydroxylation is 1. The molecule has 0 aliphatic rings. The standard InChI is InChI=1S/C11H17N/c1-5-11-9(4)10(8(2)3)6-7-12-11/h6-8H,5H2,1-4H3. The van der Waals surface area contributed by atoms with Crippen molar-refractivity contribution in [3.63, 3.8) is 0 Å². The van der Waals surface area contributed by atoms with Gasteiger partial charge in [0.15, 0.2) is 0 Å². The third-order valence-electron chi connectivity index (χ3n) is 2.31. The number of aromatic nitrogens is 1. The molecule has 0 aliphatic carbocycles. The minimum Gasteiger partial charge on any atom is -0.261 e. The first-order valence-corrected chi connectivity index (χ1v) is 4.61. The molecule has 0 atom stereocenters. The molecule has 1 aromatic heterocycles. The number of pyridine rings is 1. The van der Waals surface area contributed by atoms with E-state index in [1.807, 2.05) is 6.20 Å². The fourth-order valence-corrected chi connectivity index (χ4v) is 1.58. The molecule has 12 heavy (non-hydrogen) atoms. The Balaban J connectivity index is 3.14. The van der Waals surface area contributed by atoms with Crippen molar-refractivity contribution < 1.29 is 0 Å². The van der Waals surface area contributed by atoms with E-state index >= 15 is 0 Å². The van der Waals surface area contributed by atoms with E-state index < -0.39 is 0 Å². The largest absolute Gasteiger partial charge is 0.261 e. The fraction of sp³-hybridized carbons (Fsp3) is 0.545. The lowest BCUT2D eigenvalue weighted by molar-refractivity contribution is 0.838. The monoisotopic (exact) mass is 163 g/mol. The lowest BCUT2D eigenvalue weighted by atomic mass is 9.97. The van der Waals surface area contributed by atoms with E-state index in [1.165, 1.54) is 16.8 Å². The van der Waals surface area contributed by atoms with Crippen LogP contribution in [-0.4, -0.2) is 4.98 Å². The van der Waals surface area contributed by atoms with Crippen molar-refractivity contribution in [3.05, 3.63) is 29.1 Å². The van der Waals surface area contributed by atoms with Crippen molar-refractivity contribution in [2.75, 3.05) is 0 Å². The second-order valence-corrected chi connectivity index (χ2v) is 3.48. The van der Waals surface area contributed by atoms with Crippen molar-refractivity contribution in [3.8, 4) is 0 Å². The summed E-state index contributed by atoms with van der Waals surface area (Å²) in [6.45, 7) is 8.77. The third kappa shape index (κ3) is 1.66. The molecular weight excluding hydrogens is 146 g/mol. The Hall–Kier alpha value is -0.850. The van der Waals surface area contributed by atoms with Crippen LogP contribution in [0.4, 0.5) is 0 Å². The maximum absolute atomic E-state index is 4.34. The molecule has 0 amide bonds. The van der Waals surface area contributed by atoms with Crippen molar-refractivity contribution in [2.24, 2.45) is 0 Å². The average molecular weight is 163 g/mol. The molecule has 0 N–H and O–H groups in total. The van der Waals surface area contributed by atoms with Gasteiger partial charge < -0.3 is 0 Å². The topological polar surface area (TPSA) is 12.9 Å². The predicted molar refractivity (Wildman–Crippen MR) is 52.4 cm³/mol. The van der Waals surface area contributed by atoms with Crippen molar-refractivity contribution in [1.82, 2.24) is 4.98 Å². The van der Waals surface area contributed by atoms with Crippen LogP contribution in [0.15, 0.2) is 12.3 Å². The normalized spacial score (nSPS) is 10.8. The highest BCUT2D eigenvalue weighted by Crippen LogP contribution is 2.20. The van der Waals surface area contributed by atoms with Crippen molar-refractivity contribution in [1.29, 1.82) is 0 Å². The Kier molecular flexibility index (Phi) is 2.85. The molecule has 0 aromatic carbocycles. The van der Waals surface area contributed by atoms with Crippen LogP contribution in [0, 0.1) is 6.92 Å². The SMILES string of the molecule is CCc1nccc(C(C)C)c1C. The zero-order chi connectivity index (χ0) is 9.14. The Bertz CT molecular complexity index is 264. The van der Waals surface area contributed by atoms with Crippen LogP contribution in [0.25, 0.3) is 0 Å². The molecule has 0 radical (unpaired) electrons. The van der Waals surface area contributed by atoms with Gasteiger partial charge in [0.1, 0.15) is 0 Å². The summed E-state index contributed by atoms with van der Waals surface area (Å²) in [6.07, 6.45) is 2.95. The summed E-state index contributed by atoms with van der Waals surface area (Å²) in [5.41, 5.74) is 4.04. The summed E-state index contributed by atoms with van der Waals surface area (Å²) >= 11 is 0. The lowest BCUT2D eigenvalue weighted by Gasteiger charge is -2.11. The van der Waals surface area contributed by atoms with Gasteiger partial charge in [-0.2, -0.15) is 0 Å². The van der Waals surface area contributed by atoms with Gasteiger partial charge in [0, 0.05) is 11.9 Å². The molecule has 0 unspecified atom stereocenters. The van der Waals surface area contributed by atoms with E-state index in [2.05, 4.69) is 38.7 Å². The second kappa shape index (κ2) is 3.70. The summed E-state index contributed by atoms with van der Waals surface area (Å²) in [7, 11) is 0. The zero-order valence-corrected chi connectivity index (χ0v) is 8.39. The minimum atomic E-state index is 0.610. The quantitative estimate of drug-likeness (QED) is 0.653. The smallest absolute Gasteiger partial charge is 0.0432 e. The van der Waals surface area contributed by atoms with Crippen LogP contribution < -0.4 is 0 Å². The zero-order valence-electron chi connectivity index (χ0n) is 8.39. The van der Waals surface area contributed by atoms with E-state index in [-0.39, 0.29) is 0 Å². The first kappa shape index (κ1) is 9.24. The Labute approximate surface area is 74.8 Å². The Morgan fingerprint density at radius 1 is 1.42 bits per heavy atom. The first-order valence-electron chi connectivity index (χ1n) is 4.61. The molecule has 0 bridgehead atoms. The third-order valence-corrected chi connectivity index (χ3v) is 2.31. The highest BCUT2D eigenvalue weighted by atomic mass is 14.7. The van der Waals surface area contributed by atoms with Crippen LogP contribution in [-0.2, 0) is 6.42 Å². The van der Waals surface area contributed by atoms with E-state index in [1.54, 1.807) is 0 Å². The summed E-state index contributed by atoms with van der Waals surface area (Å²) < 4.78 is 0. The summed E-state index contributed by atoms with van der Waals surface area (Å²) in [5.74, 6) is 0.610. The minimum absolute atomic E-state index is 0.610. The number of rotatable bonds is 2. The van der Waals surface area contributed by atoms with Crippen LogP contribution in [0.2, 0.25) is 0 Å². The molecule has 1 heterocycles. The summed E-state index contributed by atoms with van der Waals surface area (Å²) in [6, 6.07) is 2.12. The first-order chi connectivity index (χ1) is 5.66. The molecule has 0 fully saturated rings. The Morgan fingerprint density at radius 2 is 2.08 bits per heavy atom. The molecule has 1 nitrogen and oxygen atoms in total. The van der Waals surface area contributed by atoms with Crippen LogP contribution in [0.3, 0.4) is 0 Å². The average Bonchev–Trinajstić information content (AvgIpc) is 2.04. The van der Waals surface area contributed by atoms with E-state index in [0.29, 0.717) is 5.92 Å². The molecule has 66 valence electrons. The van der Waals surface area contributed by atoms with Crippen molar-refractivity contribution in [2.45, 2.75) is 40.0 Å². The maximum Gasteiger partial charge on any atom is 0.0432 e. The lowest BCUT2D eigenvalue weighted by Crippen LogP contribution is -1.98. The van der Waals surface area contributed by atoms with Gasteiger partial charge in [-0.25, -0.2) is 0 Å². The Morgan fingerprint density at radius 3 is 2.58 bits per heavy atom. The van der Waals surface area contributed by atoms with Gasteiger partial charge in [0.05, 0.1) is 0 Å². The number of nitrogens with zero attached hydrogens (tertiary/aromatic N) is 1. The van der Waals surface area contributed by atoms with E-state index in [4.69, 9.17) is 0 Å². The maximum atomic E-state index is 4.34. The molecule has 1 rings (SSSR count). The summed E-state index contributed by atoms with van der Waals surface area (Å²) in [4.78, 5) is 4.34. The van der Waals surface area contributed by atoms with Crippen LogP contribution >= 0.6 is 0 Å². The molecule has 0 saturated heterocycles. The number of hydrogen-bond acceptors (Lipinski definition) is 1. The van der Waals surface area contributed by atoms with Gasteiger partial charge in [-0.05, 0) is 36.5 Å². The van der Waals surface area contributed by atoms with Crippen LogP contribution in [0.1, 0.15) is 43.5 Å². The van der Waals surface area contributed by atoms with Gasteiger partial charge in [-0.3, -0.25) is 4.98 Å². The van der Waals surface area contributed by atoms with Gasteiger partial charge >= 0.3 is 0 Å². The molecule has 1 heteroatoms.